The van der Waals surface area contributed by atoms with E-state index in [0.29, 0.717) is 5.69 Å². The van der Waals surface area contributed by atoms with E-state index < -0.39 is 39.2 Å². The summed E-state index contributed by atoms with van der Waals surface area (Å²) in [6.07, 6.45) is 2.37. The Morgan fingerprint density at radius 2 is 2.06 bits per heavy atom. The van der Waals surface area contributed by atoms with Crippen LogP contribution in [0.1, 0.15) is 36.4 Å². The number of anilines is 1. The van der Waals surface area contributed by atoms with Gasteiger partial charge in [-0.15, -0.1) is 0 Å². The normalized spacial score (nSPS) is 20.6. The van der Waals surface area contributed by atoms with Gasteiger partial charge in [0.25, 0.3) is 15.9 Å². The minimum atomic E-state index is -4.29. The maximum absolute atomic E-state index is 14.8. The Bertz CT molecular complexity index is 1190. The molecule has 0 bridgehead atoms. The Hall–Kier alpha value is -3.15. The lowest BCUT2D eigenvalue weighted by Gasteiger charge is -2.35. The molecular formula is C20H20F3N5O3S. The fourth-order valence-corrected chi connectivity index (χ4v) is 4.87. The third kappa shape index (κ3) is 4.69. The summed E-state index contributed by atoms with van der Waals surface area (Å²) in [7, 11) is -4.29. The van der Waals surface area contributed by atoms with Crippen LogP contribution < -0.4 is 9.46 Å². The van der Waals surface area contributed by atoms with Gasteiger partial charge in [-0.05, 0) is 37.1 Å². The number of sulfonamides is 1. The molecule has 1 aliphatic rings. The van der Waals surface area contributed by atoms with Gasteiger partial charge in [0.05, 0.1) is 0 Å². The largest absolute Gasteiger partial charge is 0.489 e. The Kier molecular flexibility index (Phi) is 5.80. The molecular weight excluding hydrogens is 447 g/mol. The summed E-state index contributed by atoms with van der Waals surface area (Å²) in [4.78, 5) is 6.83. The summed E-state index contributed by atoms with van der Waals surface area (Å²) in [6, 6.07) is 5.01. The summed E-state index contributed by atoms with van der Waals surface area (Å²) in [5.74, 6) is -4.41. The van der Waals surface area contributed by atoms with Crippen LogP contribution in [0, 0.1) is 12.7 Å². The van der Waals surface area contributed by atoms with Crippen LogP contribution in [0.15, 0.2) is 47.9 Å². The predicted molar refractivity (Wildman–Crippen MR) is 109 cm³/mol. The second kappa shape index (κ2) is 8.41. The molecule has 1 fully saturated rings. The predicted octanol–water partition coefficient (Wildman–Crippen LogP) is 3.80. The first-order valence-corrected chi connectivity index (χ1v) is 11.3. The van der Waals surface area contributed by atoms with E-state index in [9.17, 15) is 21.6 Å². The van der Waals surface area contributed by atoms with Crippen molar-refractivity contribution in [2.75, 3.05) is 4.72 Å². The molecule has 0 spiro atoms. The highest BCUT2D eigenvalue weighted by atomic mass is 32.2. The first kappa shape index (κ1) is 22.1. The number of alkyl halides is 2. The molecule has 3 aromatic rings. The molecule has 0 aliphatic heterocycles. The van der Waals surface area contributed by atoms with Crippen LogP contribution in [0.3, 0.4) is 0 Å². The van der Waals surface area contributed by atoms with Gasteiger partial charge >= 0.3 is 0 Å². The van der Waals surface area contributed by atoms with Gasteiger partial charge in [0.1, 0.15) is 34.7 Å². The van der Waals surface area contributed by atoms with E-state index in [1.165, 1.54) is 25.4 Å². The highest BCUT2D eigenvalue weighted by molar-refractivity contribution is 7.92. The van der Waals surface area contributed by atoms with Crippen LogP contribution in [-0.4, -0.2) is 40.6 Å². The zero-order chi connectivity index (χ0) is 22.9. The van der Waals surface area contributed by atoms with Crippen LogP contribution in [-0.2, 0) is 10.0 Å². The zero-order valence-corrected chi connectivity index (χ0v) is 17.7. The van der Waals surface area contributed by atoms with Crippen molar-refractivity contribution in [2.24, 2.45) is 0 Å². The SMILES string of the molecule is Cc1cc(S(=O)(=O)Nc2ccncn2)c(F)cc1OC1CC(F)(F)CCC1c1ccn[nH]1. The van der Waals surface area contributed by atoms with E-state index in [-0.39, 0.29) is 35.9 Å². The standard InChI is InChI=1S/C20H20F3N5O3S/c1-12-8-18(32(29,30)28-19-4-6-24-11-25-19)14(21)9-16(12)31-17-10-20(22,23)5-2-13(17)15-3-7-26-27-15/h3-4,6-9,11,13,17H,2,5,10H2,1H3,(H,26,27)(H,24,25,28). The molecule has 1 aromatic carbocycles. The third-order valence-corrected chi connectivity index (χ3v) is 6.68. The average Bonchev–Trinajstić information content (AvgIpc) is 3.25. The van der Waals surface area contributed by atoms with Gasteiger partial charge in [0.15, 0.2) is 0 Å². The van der Waals surface area contributed by atoms with Gasteiger partial charge in [-0.3, -0.25) is 9.82 Å². The Balaban J connectivity index is 1.61. The molecule has 2 unspecified atom stereocenters. The smallest absolute Gasteiger partial charge is 0.265 e. The fourth-order valence-electron chi connectivity index (χ4n) is 3.72. The third-order valence-electron chi connectivity index (χ3n) is 5.31. The number of H-pyrrole nitrogens is 1. The summed E-state index contributed by atoms with van der Waals surface area (Å²) < 4.78 is 76.2. The molecule has 2 N–H and O–H groups in total. The van der Waals surface area contributed by atoms with Crippen LogP contribution in [0.25, 0.3) is 0 Å². The first-order valence-electron chi connectivity index (χ1n) is 9.77. The van der Waals surface area contributed by atoms with E-state index in [1.54, 1.807) is 6.07 Å². The molecule has 1 aliphatic carbocycles. The minimum absolute atomic E-state index is 0.00398. The number of hydrogen-bond donors (Lipinski definition) is 2. The number of aryl methyl sites for hydroxylation is 1. The van der Waals surface area contributed by atoms with Crippen molar-refractivity contribution < 1.29 is 26.3 Å². The molecule has 1 saturated carbocycles. The van der Waals surface area contributed by atoms with E-state index in [4.69, 9.17) is 4.74 Å². The molecule has 170 valence electrons. The molecule has 12 heteroatoms. The summed E-state index contributed by atoms with van der Waals surface area (Å²) in [5.41, 5.74) is 0.934. The van der Waals surface area contributed by atoms with Gasteiger partial charge < -0.3 is 4.74 Å². The van der Waals surface area contributed by atoms with Crippen molar-refractivity contribution in [3.05, 3.63) is 60.1 Å². The highest BCUT2D eigenvalue weighted by Crippen LogP contribution is 2.43. The second-order valence-corrected chi connectivity index (χ2v) is 9.27. The van der Waals surface area contributed by atoms with Crippen molar-refractivity contribution in [3.63, 3.8) is 0 Å². The van der Waals surface area contributed by atoms with E-state index >= 15 is 0 Å². The zero-order valence-electron chi connectivity index (χ0n) is 16.9. The highest BCUT2D eigenvalue weighted by Gasteiger charge is 2.44. The molecule has 4 rings (SSSR count). The molecule has 2 aromatic heterocycles. The van der Waals surface area contributed by atoms with Gasteiger partial charge in [-0.2, -0.15) is 5.10 Å². The maximum atomic E-state index is 14.8. The van der Waals surface area contributed by atoms with Crippen molar-refractivity contribution in [2.45, 2.75) is 49.0 Å². The van der Waals surface area contributed by atoms with E-state index in [1.807, 2.05) is 0 Å². The summed E-state index contributed by atoms with van der Waals surface area (Å²) in [6.45, 7) is 1.52. The second-order valence-electron chi connectivity index (χ2n) is 7.62. The number of nitrogens with zero attached hydrogens (tertiary/aromatic N) is 3. The van der Waals surface area contributed by atoms with Crippen LogP contribution in [0.5, 0.6) is 5.75 Å². The van der Waals surface area contributed by atoms with Gasteiger partial charge in [-0.1, -0.05) is 0 Å². The van der Waals surface area contributed by atoms with Crippen LogP contribution >= 0.6 is 0 Å². The maximum Gasteiger partial charge on any atom is 0.265 e. The van der Waals surface area contributed by atoms with Gasteiger partial charge in [0, 0.05) is 42.9 Å². The quantitative estimate of drug-likeness (QED) is 0.571. The van der Waals surface area contributed by atoms with Gasteiger partial charge in [0.2, 0.25) is 0 Å². The topological polar surface area (TPSA) is 110 Å². The summed E-state index contributed by atoms with van der Waals surface area (Å²) in [5, 5.41) is 6.65. The summed E-state index contributed by atoms with van der Waals surface area (Å²) >= 11 is 0. The first-order chi connectivity index (χ1) is 15.1. The number of aromatic amines is 1. The van der Waals surface area contributed by atoms with Crippen molar-refractivity contribution >= 4 is 15.8 Å². The number of hydrogen-bond acceptors (Lipinski definition) is 6. The lowest BCUT2D eigenvalue weighted by Crippen LogP contribution is -2.38. The fraction of sp³-hybridized carbons (Fsp3) is 0.350. The number of rotatable bonds is 6. The Morgan fingerprint density at radius 1 is 1.25 bits per heavy atom. The Morgan fingerprint density at radius 3 is 2.75 bits per heavy atom. The minimum Gasteiger partial charge on any atom is -0.489 e. The van der Waals surface area contributed by atoms with E-state index in [0.717, 1.165) is 18.5 Å². The number of halogens is 3. The molecule has 0 amide bonds. The van der Waals surface area contributed by atoms with Crippen molar-refractivity contribution in [1.82, 2.24) is 20.2 Å². The lowest BCUT2D eigenvalue weighted by atomic mass is 9.82. The van der Waals surface area contributed by atoms with E-state index in [2.05, 4.69) is 24.9 Å². The van der Waals surface area contributed by atoms with Crippen molar-refractivity contribution in [1.29, 1.82) is 0 Å². The average molecular weight is 467 g/mol. The van der Waals surface area contributed by atoms with Crippen LogP contribution in [0.2, 0.25) is 0 Å². The molecule has 2 atom stereocenters. The molecule has 32 heavy (non-hydrogen) atoms. The number of aromatic nitrogens is 4. The Labute approximate surface area is 182 Å². The lowest BCUT2D eigenvalue weighted by molar-refractivity contribution is -0.0778. The molecule has 0 saturated heterocycles. The number of nitrogens with one attached hydrogen (secondary N) is 2. The molecule has 8 nitrogen and oxygen atoms in total. The molecule has 0 radical (unpaired) electrons. The van der Waals surface area contributed by atoms with Gasteiger partial charge in [-0.25, -0.2) is 31.6 Å². The van der Waals surface area contributed by atoms with Crippen molar-refractivity contribution in [3.8, 4) is 5.75 Å². The number of ether oxygens (including phenoxy) is 1. The monoisotopic (exact) mass is 467 g/mol. The molecule has 2 heterocycles. The van der Waals surface area contributed by atoms with Crippen LogP contribution in [0.4, 0.5) is 19.0 Å². The number of benzene rings is 1.